The van der Waals surface area contributed by atoms with Crippen molar-refractivity contribution in [1.82, 2.24) is 0 Å². The van der Waals surface area contributed by atoms with E-state index in [-0.39, 0.29) is 6.10 Å². The topological polar surface area (TPSA) is 44.5 Å². The van der Waals surface area contributed by atoms with E-state index < -0.39 is 0 Å². The molecule has 88 valence electrons. The van der Waals surface area contributed by atoms with Crippen molar-refractivity contribution < 1.29 is 9.47 Å². The first-order chi connectivity index (χ1) is 7.75. The first-order valence-corrected chi connectivity index (χ1v) is 6.34. The quantitative estimate of drug-likeness (QED) is 0.869. The molecule has 1 aromatic rings. The molecule has 0 aliphatic carbocycles. The van der Waals surface area contributed by atoms with Gasteiger partial charge in [0.05, 0.1) is 10.6 Å². The summed E-state index contributed by atoms with van der Waals surface area (Å²) < 4.78 is 12.2. The first kappa shape index (κ1) is 11.7. The summed E-state index contributed by atoms with van der Waals surface area (Å²) in [5, 5.41) is 0. The number of rotatable bonds is 3. The molecule has 0 aromatic heterocycles. The lowest BCUT2D eigenvalue weighted by molar-refractivity contribution is -0.0112. The minimum atomic E-state index is 0.224. The van der Waals surface area contributed by atoms with Gasteiger partial charge in [-0.15, -0.1) is 0 Å². The zero-order valence-electron chi connectivity index (χ0n) is 9.12. The number of ether oxygens (including phenoxy) is 2. The van der Waals surface area contributed by atoms with Crippen molar-refractivity contribution in [3.8, 4) is 5.75 Å². The maximum atomic E-state index is 5.71. The smallest absolute Gasteiger partial charge is 0.135 e. The molecule has 0 saturated carbocycles. The molecule has 1 aliphatic heterocycles. The minimum Gasteiger partial charge on any atom is -0.490 e. The molecule has 16 heavy (non-hydrogen) atoms. The van der Waals surface area contributed by atoms with Gasteiger partial charge in [-0.25, -0.2) is 0 Å². The number of anilines is 1. The van der Waals surface area contributed by atoms with Crippen LogP contribution >= 0.6 is 15.9 Å². The summed E-state index contributed by atoms with van der Waals surface area (Å²) >= 11 is 3.43. The molecule has 0 radical (unpaired) electrons. The van der Waals surface area contributed by atoms with Crippen molar-refractivity contribution in [2.24, 2.45) is 0 Å². The fourth-order valence-electron chi connectivity index (χ4n) is 1.75. The van der Waals surface area contributed by atoms with Gasteiger partial charge >= 0.3 is 0 Å². The molecular formula is C12H16BrNO2. The monoisotopic (exact) mass is 285 g/mol. The van der Waals surface area contributed by atoms with Crippen LogP contribution in [0.5, 0.6) is 5.75 Å². The molecule has 0 amide bonds. The highest BCUT2D eigenvalue weighted by Gasteiger charge is 2.15. The Labute approximate surface area is 104 Å². The lowest BCUT2D eigenvalue weighted by atomic mass is 10.1. The molecule has 0 bridgehead atoms. The van der Waals surface area contributed by atoms with Gasteiger partial charge in [0.2, 0.25) is 0 Å². The lowest BCUT2D eigenvalue weighted by Crippen LogP contribution is -2.25. The van der Waals surface area contributed by atoms with Gasteiger partial charge in [0.1, 0.15) is 12.4 Å². The predicted molar refractivity (Wildman–Crippen MR) is 67.6 cm³/mol. The van der Waals surface area contributed by atoms with Crippen LogP contribution in [0.2, 0.25) is 0 Å². The number of hydrogen-bond donors (Lipinski definition) is 1. The van der Waals surface area contributed by atoms with Crippen LogP contribution in [-0.4, -0.2) is 19.3 Å². The van der Waals surface area contributed by atoms with E-state index in [9.17, 15) is 0 Å². The van der Waals surface area contributed by atoms with Crippen LogP contribution < -0.4 is 10.5 Å². The van der Waals surface area contributed by atoms with E-state index in [2.05, 4.69) is 15.9 Å². The van der Waals surface area contributed by atoms with Gasteiger partial charge in [0.25, 0.3) is 0 Å². The Morgan fingerprint density at radius 1 is 1.44 bits per heavy atom. The molecule has 3 nitrogen and oxygen atoms in total. The second-order valence-electron chi connectivity index (χ2n) is 3.99. The van der Waals surface area contributed by atoms with Crippen molar-refractivity contribution in [3.05, 3.63) is 22.7 Å². The number of halogens is 1. The van der Waals surface area contributed by atoms with Crippen molar-refractivity contribution in [2.75, 3.05) is 18.9 Å². The van der Waals surface area contributed by atoms with Crippen LogP contribution in [0.25, 0.3) is 0 Å². The van der Waals surface area contributed by atoms with Crippen LogP contribution in [0.15, 0.2) is 22.7 Å². The lowest BCUT2D eigenvalue weighted by Gasteiger charge is -2.22. The third-order valence-electron chi connectivity index (χ3n) is 2.65. The SMILES string of the molecule is Nc1ccc(Br)c(OCC2CCCCO2)c1. The number of nitrogen functional groups attached to an aromatic ring is 1. The van der Waals surface area contributed by atoms with Gasteiger partial charge in [-0.1, -0.05) is 0 Å². The largest absolute Gasteiger partial charge is 0.490 e. The Hall–Kier alpha value is -0.740. The molecule has 1 saturated heterocycles. The summed E-state index contributed by atoms with van der Waals surface area (Å²) in [4.78, 5) is 0. The number of hydrogen-bond acceptors (Lipinski definition) is 3. The normalized spacial score (nSPS) is 20.7. The Bertz CT molecular complexity index is 351. The van der Waals surface area contributed by atoms with E-state index in [1.165, 1.54) is 12.8 Å². The fraction of sp³-hybridized carbons (Fsp3) is 0.500. The van der Waals surface area contributed by atoms with Crippen molar-refractivity contribution in [3.63, 3.8) is 0 Å². The average Bonchev–Trinajstić information content (AvgIpc) is 2.32. The number of benzene rings is 1. The third-order valence-corrected chi connectivity index (χ3v) is 3.31. The molecule has 1 aromatic carbocycles. The van der Waals surface area contributed by atoms with Crippen LogP contribution in [-0.2, 0) is 4.74 Å². The van der Waals surface area contributed by atoms with Gasteiger partial charge in [0, 0.05) is 18.4 Å². The van der Waals surface area contributed by atoms with Crippen LogP contribution in [0, 0.1) is 0 Å². The summed E-state index contributed by atoms with van der Waals surface area (Å²) in [6.45, 7) is 1.45. The van der Waals surface area contributed by atoms with E-state index in [1.54, 1.807) is 0 Å². The highest BCUT2D eigenvalue weighted by molar-refractivity contribution is 9.10. The van der Waals surface area contributed by atoms with E-state index in [1.807, 2.05) is 18.2 Å². The van der Waals surface area contributed by atoms with Gasteiger partial charge in [-0.05, 0) is 47.3 Å². The Morgan fingerprint density at radius 3 is 3.06 bits per heavy atom. The van der Waals surface area contributed by atoms with E-state index in [0.717, 1.165) is 23.2 Å². The molecule has 1 aliphatic rings. The summed E-state index contributed by atoms with van der Waals surface area (Å²) in [5.74, 6) is 0.786. The van der Waals surface area contributed by atoms with E-state index in [0.29, 0.717) is 12.3 Å². The molecule has 1 fully saturated rings. The first-order valence-electron chi connectivity index (χ1n) is 5.55. The Morgan fingerprint density at radius 2 is 2.31 bits per heavy atom. The Kier molecular flexibility index (Phi) is 4.07. The zero-order valence-corrected chi connectivity index (χ0v) is 10.7. The van der Waals surface area contributed by atoms with Crippen molar-refractivity contribution in [1.29, 1.82) is 0 Å². The van der Waals surface area contributed by atoms with E-state index >= 15 is 0 Å². The molecule has 1 unspecified atom stereocenters. The molecule has 4 heteroatoms. The molecule has 1 heterocycles. The highest BCUT2D eigenvalue weighted by atomic mass is 79.9. The zero-order chi connectivity index (χ0) is 11.4. The van der Waals surface area contributed by atoms with Gasteiger partial charge in [0.15, 0.2) is 0 Å². The average molecular weight is 286 g/mol. The second kappa shape index (κ2) is 5.55. The van der Waals surface area contributed by atoms with Crippen LogP contribution in [0.1, 0.15) is 19.3 Å². The van der Waals surface area contributed by atoms with Gasteiger partial charge in [-0.3, -0.25) is 0 Å². The standard InChI is InChI=1S/C12H16BrNO2/c13-11-5-4-9(14)7-12(11)16-8-10-3-1-2-6-15-10/h4-5,7,10H,1-3,6,8,14H2. The predicted octanol–water partition coefficient (Wildman–Crippen LogP) is 2.98. The summed E-state index contributed by atoms with van der Waals surface area (Å²) in [6, 6.07) is 5.56. The van der Waals surface area contributed by atoms with E-state index in [4.69, 9.17) is 15.2 Å². The fourth-order valence-corrected chi connectivity index (χ4v) is 2.11. The maximum Gasteiger partial charge on any atom is 0.135 e. The van der Waals surface area contributed by atoms with Gasteiger partial charge < -0.3 is 15.2 Å². The number of nitrogens with two attached hydrogens (primary N) is 1. The maximum absolute atomic E-state index is 5.71. The van der Waals surface area contributed by atoms with Crippen LogP contribution in [0.4, 0.5) is 5.69 Å². The minimum absolute atomic E-state index is 0.224. The summed E-state index contributed by atoms with van der Waals surface area (Å²) in [6.07, 6.45) is 3.70. The summed E-state index contributed by atoms with van der Waals surface area (Å²) in [5.41, 5.74) is 6.42. The highest BCUT2D eigenvalue weighted by Crippen LogP contribution is 2.27. The molecular weight excluding hydrogens is 270 g/mol. The van der Waals surface area contributed by atoms with Crippen LogP contribution in [0.3, 0.4) is 0 Å². The molecule has 0 spiro atoms. The molecule has 1 atom stereocenters. The Balaban J connectivity index is 1.90. The van der Waals surface area contributed by atoms with Gasteiger partial charge in [-0.2, -0.15) is 0 Å². The van der Waals surface area contributed by atoms with Crippen molar-refractivity contribution >= 4 is 21.6 Å². The second-order valence-corrected chi connectivity index (χ2v) is 4.84. The summed E-state index contributed by atoms with van der Waals surface area (Å²) in [7, 11) is 0. The molecule has 2 rings (SSSR count). The molecule has 2 N–H and O–H groups in total. The van der Waals surface area contributed by atoms with Crippen molar-refractivity contribution in [2.45, 2.75) is 25.4 Å². The third kappa shape index (κ3) is 3.12.